The Morgan fingerprint density at radius 1 is 1.00 bits per heavy atom. The molecule has 0 unspecified atom stereocenters. The van der Waals surface area contributed by atoms with Crippen LogP contribution >= 0.6 is 15.9 Å². The quantitative estimate of drug-likeness (QED) is 0.280. The van der Waals surface area contributed by atoms with Crippen molar-refractivity contribution in [3.8, 4) is 17.1 Å². The maximum absolute atomic E-state index is 13.5. The molecule has 4 rings (SSSR count). The number of aromatic nitrogens is 2. The molecule has 0 spiro atoms. The maximum atomic E-state index is 13.5. The molecule has 1 aromatic heterocycles. The SMILES string of the molecule is COCCn1c(-c2ccc(OC)c(Br)c2)nc2ccc(NC(=O)Nc3cccc(C(C)=O)c3)cc2c1=O. The molecule has 0 aliphatic rings. The molecular weight excluding hydrogens is 540 g/mol. The van der Waals surface area contributed by atoms with Crippen molar-refractivity contribution < 1.29 is 19.1 Å². The zero-order chi connectivity index (χ0) is 26.5. The number of rotatable bonds is 8. The average molecular weight is 565 g/mol. The van der Waals surface area contributed by atoms with Gasteiger partial charge in [-0.2, -0.15) is 0 Å². The van der Waals surface area contributed by atoms with Crippen molar-refractivity contribution in [1.29, 1.82) is 0 Å². The Morgan fingerprint density at radius 2 is 1.76 bits per heavy atom. The zero-order valence-corrected chi connectivity index (χ0v) is 22.1. The van der Waals surface area contributed by atoms with Crippen molar-refractivity contribution >= 4 is 50.0 Å². The molecule has 190 valence electrons. The number of urea groups is 1. The lowest BCUT2D eigenvalue weighted by atomic mass is 10.1. The average Bonchev–Trinajstić information content (AvgIpc) is 2.88. The number of hydrogen-bond acceptors (Lipinski definition) is 6. The van der Waals surface area contributed by atoms with Gasteiger partial charge in [-0.25, -0.2) is 9.78 Å². The number of hydrogen-bond donors (Lipinski definition) is 2. The van der Waals surface area contributed by atoms with Gasteiger partial charge in [0.25, 0.3) is 5.56 Å². The lowest BCUT2D eigenvalue weighted by Crippen LogP contribution is -2.26. The molecular formula is C27H25BrN4O5. The number of methoxy groups -OCH3 is 2. The Bertz CT molecular complexity index is 1550. The number of halogens is 1. The highest BCUT2D eigenvalue weighted by molar-refractivity contribution is 9.10. The van der Waals surface area contributed by atoms with E-state index in [2.05, 4.69) is 26.6 Å². The number of amides is 2. The number of Topliss-reactive ketones (excluding diaryl/α,β-unsaturated/α-hetero) is 1. The first-order valence-electron chi connectivity index (χ1n) is 11.4. The molecule has 10 heteroatoms. The van der Waals surface area contributed by atoms with Gasteiger partial charge >= 0.3 is 6.03 Å². The fraction of sp³-hybridized carbons (Fsp3) is 0.185. The predicted molar refractivity (Wildman–Crippen MR) is 147 cm³/mol. The predicted octanol–water partition coefficient (Wildman–Crippen LogP) is 5.33. The Balaban J connectivity index is 1.67. The van der Waals surface area contributed by atoms with Gasteiger partial charge in [0, 0.05) is 29.6 Å². The second-order valence-electron chi connectivity index (χ2n) is 8.18. The summed E-state index contributed by atoms with van der Waals surface area (Å²) < 4.78 is 12.8. The van der Waals surface area contributed by atoms with Crippen LogP contribution in [0.25, 0.3) is 22.3 Å². The van der Waals surface area contributed by atoms with Gasteiger partial charge in [-0.1, -0.05) is 12.1 Å². The minimum atomic E-state index is -0.507. The third-order valence-corrected chi connectivity index (χ3v) is 6.29. The molecule has 9 nitrogen and oxygen atoms in total. The van der Waals surface area contributed by atoms with Crippen LogP contribution in [0.2, 0.25) is 0 Å². The summed E-state index contributed by atoms with van der Waals surface area (Å²) in [4.78, 5) is 42.5. The molecule has 2 amide bonds. The summed E-state index contributed by atoms with van der Waals surface area (Å²) in [6, 6.07) is 16.6. The second kappa shape index (κ2) is 11.4. The number of nitrogens with one attached hydrogen (secondary N) is 2. The van der Waals surface area contributed by atoms with Crippen molar-refractivity contribution in [3.05, 3.63) is 81.1 Å². The number of ether oxygens (including phenoxy) is 2. The van der Waals surface area contributed by atoms with Crippen LogP contribution in [0.1, 0.15) is 17.3 Å². The monoisotopic (exact) mass is 564 g/mol. The lowest BCUT2D eigenvalue weighted by Gasteiger charge is -2.15. The summed E-state index contributed by atoms with van der Waals surface area (Å²) in [6.45, 7) is 2.07. The fourth-order valence-corrected chi connectivity index (χ4v) is 4.36. The van der Waals surface area contributed by atoms with E-state index >= 15 is 0 Å². The van der Waals surface area contributed by atoms with Gasteiger partial charge in [0.05, 0.1) is 35.6 Å². The topological polar surface area (TPSA) is 112 Å². The first kappa shape index (κ1) is 26.1. The molecule has 0 saturated heterocycles. The van der Waals surface area contributed by atoms with E-state index in [9.17, 15) is 14.4 Å². The van der Waals surface area contributed by atoms with Gasteiger partial charge in [-0.3, -0.25) is 14.2 Å². The van der Waals surface area contributed by atoms with Gasteiger partial charge in [-0.15, -0.1) is 0 Å². The molecule has 2 N–H and O–H groups in total. The van der Waals surface area contributed by atoms with E-state index in [0.717, 1.165) is 10.0 Å². The van der Waals surface area contributed by atoms with E-state index in [1.54, 1.807) is 67.3 Å². The summed E-state index contributed by atoms with van der Waals surface area (Å²) in [7, 11) is 3.15. The number of carbonyl (C=O) groups is 2. The third kappa shape index (κ3) is 5.87. The number of carbonyl (C=O) groups excluding carboxylic acids is 2. The highest BCUT2D eigenvalue weighted by atomic mass is 79.9. The number of ketones is 1. The minimum absolute atomic E-state index is 0.0998. The number of anilines is 2. The van der Waals surface area contributed by atoms with Crippen LogP contribution in [0.5, 0.6) is 5.75 Å². The van der Waals surface area contributed by atoms with Gasteiger partial charge in [0.1, 0.15) is 11.6 Å². The molecule has 0 fully saturated rings. The largest absolute Gasteiger partial charge is 0.496 e. The van der Waals surface area contributed by atoms with Crippen molar-refractivity contribution in [2.45, 2.75) is 13.5 Å². The standard InChI is InChI=1S/C27H25BrN4O5/c1-16(33)17-5-4-6-19(13-17)29-27(35)30-20-8-9-23-21(15-20)26(34)32(11-12-36-2)25(31-23)18-7-10-24(37-3)22(28)14-18/h4-10,13-15H,11-12H2,1-3H3,(H2,29,30,35). The molecule has 0 atom stereocenters. The Morgan fingerprint density at radius 3 is 2.43 bits per heavy atom. The molecule has 1 heterocycles. The molecule has 0 aliphatic carbocycles. The zero-order valence-electron chi connectivity index (χ0n) is 20.5. The highest BCUT2D eigenvalue weighted by Crippen LogP contribution is 2.30. The molecule has 4 aromatic rings. The number of fused-ring (bicyclic) bond motifs is 1. The van der Waals surface area contributed by atoms with Crippen LogP contribution in [0.15, 0.2) is 69.9 Å². The van der Waals surface area contributed by atoms with E-state index in [-0.39, 0.29) is 11.3 Å². The van der Waals surface area contributed by atoms with E-state index in [1.165, 1.54) is 6.92 Å². The Hall–Kier alpha value is -4.02. The second-order valence-corrected chi connectivity index (χ2v) is 9.04. The molecule has 3 aromatic carbocycles. The van der Waals surface area contributed by atoms with Crippen LogP contribution in [0.4, 0.5) is 16.2 Å². The lowest BCUT2D eigenvalue weighted by molar-refractivity contribution is 0.101. The summed E-state index contributed by atoms with van der Waals surface area (Å²) in [6.07, 6.45) is 0. The number of nitrogens with zero attached hydrogens (tertiary/aromatic N) is 2. The van der Waals surface area contributed by atoms with Gasteiger partial charge in [0.2, 0.25) is 0 Å². The summed E-state index contributed by atoms with van der Waals surface area (Å²) in [5.41, 5.74) is 2.35. The normalized spacial score (nSPS) is 10.8. The fourth-order valence-electron chi connectivity index (χ4n) is 3.82. The van der Waals surface area contributed by atoms with Crippen LogP contribution in [0.3, 0.4) is 0 Å². The molecule has 37 heavy (non-hydrogen) atoms. The van der Waals surface area contributed by atoms with Gasteiger partial charge < -0.3 is 20.1 Å². The van der Waals surface area contributed by atoms with E-state index < -0.39 is 6.03 Å². The van der Waals surface area contributed by atoms with Gasteiger partial charge in [-0.05, 0) is 71.4 Å². The van der Waals surface area contributed by atoms with Crippen LogP contribution in [0, 0.1) is 0 Å². The van der Waals surface area contributed by atoms with E-state index in [4.69, 9.17) is 14.5 Å². The van der Waals surface area contributed by atoms with Crippen molar-refractivity contribution in [2.24, 2.45) is 0 Å². The third-order valence-electron chi connectivity index (χ3n) is 5.67. The Labute approximate surface area is 221 Å². The van der Waals surface area contributed by atoms with E-state index in [0.29, 0.717) is 52.6 Å². The highest BCUT2D eigenvalue weighted by Gasteiger charge is 2.15. The van der Waals surface area contributed by atoms with Crippen molar-refractivity contribution in [1.82, 2.24) is 9.55 Å². The first-order valence-corrected chi connectivity index (χ1v) is 12.2. The van der Waals surface area contributed by atoms with E-state index in [1.807, 2.05) is 12.1 Å². The molecule has 0 radical (unpaired) electrons. The van der Waals surface area contributed by atoms with Crippen LogP contribution < -0.4 is 20.9 Å². The number of benzene rings is 3. The molecule has 0 aliphatic heterocycles. The smallest absolute Gasteiger partial charge is 0.323 e. The Kier molecular flexibility index (Phi) is 8.00. The summed E-state index contributed by atoms with van der Waals surface area (Å²) in [5, 5.41) is 5.78. The maximum Gasteiger partial charge on any atom is 0.323 e. The molecule has 0 bridgehead atoms. The van der Waals surface area contributed by atoms with Crippen LogP contribution in [-0.2, 0) is 11.3 Å². The van der Waals surface area contributed by atoms with Gasteiger partial charge in [0.15, 0.2) is 5.78 Å². The minimum Gasteiger partial charge on any atom is -0.496 e. The first-order chi connectivity index (χ1) is 17.8. The summed E-state index contributed by atoms with van der Waals surface area (Å²) >= 11 is 3.49. The van der Waals surface area contributed by atoms with Crippen molar-refractivity contribution in [3.63, 3.8) is 0 Å². The van der Waals surface area contributed by atoms with Crippen molar-refractivity contribution in [2.75, 3.05) is 31.5 Å². The van der Waals surface area contributed by atoms with Crippen LogP contribution in [-0.4, -0.2) is 42.2 Å². The molecule has 0 saturated carbocycles. The summed E-state index contributed by atoms with van der Waals surface area (Å²) in [5.74, 6) is 1.05.